The quantitative estimate of drug-likeness (QED) is 0.886. The van der Waals surface area contributed by atoms with E-state index in [0.29, 0.717) is 16.2 Å². The molecule has 1 aromatic rings. The number of halogens is 1. The fourth-order valence-corrected chi connectivity index (χ4v) is 2.30. The molecule has 94 valence electrons. The number of nitrogens with two attached hydrogens (primary N) is 1. The molecule has 0 saturated carbocycles. The Hall–Kier alpha value is -0.880. The predicted octanol–water partition coefficient (Wildman–Crippen LogP) is 1.72. The van der Waals surface area contributed by atoms with E-state index in [9.17, 15) is 0 Å². The molecular formula is C11H18BrN5. The van der Waals surface area contributed by atoms with Crippen LogP contribution in [0.25, 0.3) is 0 Å². The summed E-state index contributed by atoms with van der Waals surface area (Å²) in [5, 5.41) is 3.23. The second kappa shape index (κ2) is 6.16. The molecule has 0 aromatic carbocycles. The molecule has 1 aliphatic rings. The van der Waals surface area contributed by atoms with Gasteiger partial charge in [-0.3, -0.25) is 0 Å². The molecule has 0 bridgehead atoms. The minimum atomic E-state index is 0.451. The molecule has 0 unspecified atom stereocenters. The van der Waals surface area contributed by atoms with Crippen LogP contribution in [0.15, 0.2) is 10.8 Å². The lowest BCUT2D eigenvalue weighted by Gasteiger charge is -2.26. The van der Waals surface area contributed by atoms with Crippen molar-refractivity contribution in [2.24, 2.45) is 0 Å². The first-order chi connectivity index (χ1) is 8.25. The molecule has 1 aromatic heterocycles. The Labute approximate surface area is 110 Å². The van der Waals surface area contributed by atoms with Crippen molar-refractivity contribution in [2.45, 2.75) is 19.3 Å². The van der Waals surface area contributed by atoms with Gasteiger partial charge in [0.2, 0.25) is 0 Å². The van der Waals surface area contributed by atoms with Gasteiger partial charge < -0.3 is 16.0 Å². The topological polar surface area (TPSA) is 67.1 Å². The summed E-state index contributed by atoms with van der Waals surface area (Å²) in [7, 11) is 0. The van der Waals surface area contributed by atoms with Crippen molar-refractivity contribution in [3.8, 4) is 0 Å². The zero-order valence-corrected chi connectivity index (χ0v) is 11.4. The molecule has 6 heteroatoms. The van der Waals surface area contributed by atoms with E-state index >= 15 is 0 Å². The highest BCUT2D eigenvalue weighted by atomic mass is 79.9. The SMILES string of the molecule is Nc1ncc(Br)nc1NCCN1CCCCC1. The van der Waals surface area contributed by atoms with Crippen LogP contribution in [0.5, 0.6) is 0 Å². The number of rotatable bonds is 4. The summed E-state index contributed by atoms with van der Waals surface area (Å²) < 4.78 is 0.701. The lowest BCUT2D eigenvalue weighted by atomic mass is 10.1. The Morgan fingerprint density at radius 2 is 2.12 bits per heavy atom. The van der Waals surface area contributed by atoms with E-state index in [2.05, 4.69) is 36.1 Å². The van der Waals surface area contributed by atoms with Gasteiger partial charge in [0.15, 0.2) is 11.6 Å². The van der Waals surface area contributed by atoms with E-state index in [4.69, 9.17) is 5.73 Å². The number of anilines is 2. The van der Waals surface area contributed by atoms with Crippen molar-refractivity contribution in [3.63, 3.8) is 0 Å². The average Bonchev–Trinajstić information content (AvgIpc) is 2.35. The molecule has 1 saturated heterocycles. The number of nitrogens with zero attached hydrogens (tertiary/aromatic N) is 3. The molecule has 1 fully saturated rings. The number of nitrogen functional groups attached to an aromatic ring is 1. The smallest absolute Gasteiger partial charge is 0.170 e. The Balaban J connectivity index is 1.79. The number of aromatic nitrogens is 2. The molecule has 17 heavy (non-hydrogen) atoms. The highest BCUT2D eigenvalue weighted by molar-refractivity contribution is 9.10. The van der Waals surface area contributed by atoms with Crippen molar-refractivity contribution < 1.29 is 0 Å². The second-order valence-electron chi connectivity index (χ2n) is 4.26. The highest BCUT2D eigenvalue weighted by Crippen LogP contribution is 2.15. The normalized spacial score (nSPS) is 17.0. The molecule has 2 rings (SSSR count). The molecular weight excluding hydrogens is 282 g/mol. The summed E-state index contributed by atoms with van der Waals surface area (Å²) in [5.74, 6) is 1.11. The first-order valence-electron chi connectivity index (χ1n) is 6.00. The van der Waals surface area contributed by atoms with Gasteiger partial charge in [-0.15, -0.1) is 0 Å². The molecule has 0 aliphatic carbocycles. The number of hydrogen-bond donors (Lipinski definition) is 2. The van der Waals surface area contributed by atoms with Gasteiger partial charge in [-0.2, -0.15) is 0 Å². The van der Waals surface area contributed by atoms with Crippen LogP contribution in [0, 0.1) is 0 Å². The number of nitrogens with one attached hydrogen (secondary N) is 1. The van der Waals surface area contributed by atoms with Crippen LogP contribution in [-0.4, -0.2) is 41.0 Å². The molecule has 3 N–H and O–H groups in total. The third-order valence-electron chi connectivity index (χ3n) is 2.94. The predicted molar refractivity (Wildman–Crippen MR) is 72.9 cm³/mol. The zero-order valence-electron chi connectivity index (χ0n) is 9.82. The first kappa shape index (κ1) is 12.6. The molecule has 0 atom stereocenters. The van der Waals surface area contributed by atoms with Crippen molar-refractivity contribution in [3.05, 3.63) is 10.8 Å². The van der Waals surface area contributed by atoms with Gasteiger partial charge in [-0.05, 0) is 41.9 Å². The minimum Gasteiger partial charge on any atom is -0.381 e. The van der Waals surface area contributed by atoms with E-state index in [1.54, 1.807) is 6.20 Å². The lowest BCUT2D eigenvalue weighted by molar-refractivity contribution is 0.237. The third-order valence-corrected chi connectivity index (χ3v) is 3.32. The van der Waals surface area contributed by atoms with Crippen LogP contribution in [0.2, 0.25) is 0 Å². The Bertz CT molecular complexity index is 365. The highest BCUT2D eigenvalue weighted by Gasteiger charge is 2.09. The largest absolute Gasteiger partial charge is 0.381 e. The zero-order chi connectivity index (χ0) is 12.1. The second-order valence-corrected chi connectivity index (χ2v) is 5.07. The van der Waals surface area contributed by atoms with Gasteiger partial charge >= 0.3 is 0 Å². The Morgan fingerprint density at radius 3 is 2.88 bits per heavy atom. The van der Waals surface area contributed by atoms with Crippen molar-refractivity contribution in [2.75, 3.05) is 37.2 Å². The fraction of sp³-hybridized carbons (Fsp3) is 0.636. The summed E-state index contributed by atoms with van der Waals surface area (Å²) in [4.78, 5) is 10.8. The van der Waals surface area contributed by atoms with Gasteiger partial charge in [0, 0.05) is 13.1 Å². The van der Waals surface area contributed by atoms with Gasteiger partial charge in [0.1, 0.15) is 4.60 Å². The maximum atomic E-state index is 5.74. The summed E-state index contributed by atoms with van der Waals surface area (Å²) >= 11 is 3.29. The molecule has 2 heterocycles. The van der Waals surface area contributed by atoms with Crippen molar-refractivity contribution in [1.82, 2.24) is 14.9 Å². The minimum absolute atomic E-state index is 0.451. The molecule has 0 radical (unpaired) electrons. The van der Waals surface area contributed by atoms with E-state index in [1.165, 1.54) is 32.4 Å². The van der Waals surface area contributed by atoms with Crippen LogP contribution in [0.3, 0.4) is 0 Å². The molecule has 0 spiro atoms. The van der Waals surface area contributed by atoms with Crippen LogP contribution in [0.1, 0.15) is 19.3 Å². The maximum Gasteiger partial charge on any atom is 0.170 e. The van der Waals surface area contributed by atoms with Crippen molar-refractivity contribution in [1.29, 1.82) is 0 Å². The van der Waals surface area contributed by atoms with E-state index in [1.807, 2.05) is 0 Å². The van der Waals surface area contributed by atoms with Gasteiger partial charge in [-0.25, -0.2) is 9.97 Å². The number of piperidine rings is 1. The summed E-state index contributed by atoms with van der Waals surface area (Å²) in [5.41, 5.74) is 5.74. The van der Waals surface area contributed by atoms with Gasteiger partial charge in [0.05, 0.1) is 6.20 Å². The van der Waals surface area contributed by atoms with Crippen LogP contribution < -0.4 is 11.1 Å². The Kier molecular flexibility index (Phi) is 4.56. The first-order valence-corrected chi connectivity index (χ1v) is 6.79. The third kappa shape index (κ3) is 3.81. The number of hydrogen-bond acceptors (Lipinski definition) is 5. The molecule has 0 amide bonds. The van der Waals surface area contributed by atoms with Crippen molar-refractivity contribution >= 4 is 27.6 Å². The average molecular weight is 300 g/mol. The van der Waals surface area contributed by atoms with Crippen LogP contribution in [0.4, 0.5) is 11.6 Å². The fourth-order valence-electron chi connectivity index (χ4n) is 2.02. The summed E-state index contributed by atoms with van der Waals surface area (Å²) in [6.07, 6.45) is 5.61. The summed E-state index contributed by atoms with van der Waals surface area (Å²) in [6, 6.07) is 0. The van der Waals surface area contributed by atoms with E-state index in [0.717, 1.165) is 13.1 Å². The molecule has 5 nitrogen and oxygen atoms in total. The van der Waals surface area contributed by atoms with Crippen LogP contribution >= 0.6 is 15.9 Å². The monoisotopic (exact) mass is 299 g/mol. The Morgan fingerprint density at radius 1 is 1.35 bits per heavy atom. The van der Waals surface area contributed by atoms with Gasteiger partial charge in [0.25, 0.3) is 0 Å². The van der Waals surface area contributed by atoms with E-state index < -0.39 is 0 Å². The lowest BCUT2D eigenvalue weighted by Crippen LogP contribution is -2.33. The number of likely N-dealkylation sites (tertiary alicyclic amines) is 1. The standard InChI is InChI=1S/C11H18BrN5/c12-9-8-15-10(13)11(16-9)14-4-7-17-5-2-1-3-6-17/h8H,1-7H2,(H2,13,15)(H,14,16). The summed E-state index contributed by atoms with van der Waals surface area (Å²) in [6.45, 7) is 4.31. The van der Waals surface area contributed by atoms with Gasteiger partial charge in [-0.1, -0.05) is 6.42 Å². The van der Waals surface area contributed by atoms with Crippen LogP contribution in [-0.2, 0) is 0 Å². The molecule has 1 aliphatic heterocycles. The maximum absolute atomic E-state index is 5.74. The van der Waals surface area contributed by atoms with E-state index in [-0.39, 0.29) is 0 Å².